The molecule has 0 bridgehead atoms. The SMILES string of the molecule is O=C(OOCl)c1ccccc1.[H-].[H-].[Mg+2]. The van der Waals surface area contributed by atoms with E-state index < -0.39 is 5.97 Å². The smallest absolute Gasteiger partial charge is 1.00 e. The Morgan fingerprint density at radius 1 is 1.33 bits per heavy atom. The Hall–Kier alpha value is -0.294. The molecule has 0 aliphatic carbocycles. The van der Waals surface area contributed by atoms with Crippen LogP contribution in [0.4, 0.5) is 0 Å². The maximum absolute atomic E-state index is 10.8. The van der Waals surface area contributed by atoms with Gasteiger partial charge in [0.15, 0.2) is 0 Å². The first-order valence-corrected chi connectivity index (χ1v) is 3.20. The number of hydrogen-bond donors (Lipinski definition) is 0. The number of carbonyl (C=O) groups is 1. The molecule has 0 radical (unpaired) electrons. The molecule has 0 saturated heterocycles. The summed E-state index contributed by atoms with van der Waals surface area (Å²) in [5, 5.41) is 0. The maximum atomic E-state index is 10.8. The molecule has 5 heteroatoms. The van der Waals surface area contributed by atoms with E-state index in [1.54, 1.807) is 30.3 Å². The number of benzene rings is 1. The first kappa shape index (κ1) is 11.7. The van der Waals surface area contributed by atoms with Crippen LogP contribution < -0.4 is 0 Å². The Morgan fingerprint density at radius 3 is 2.42 bits per heavy atom. The minimum Gasteiger partial charge on any atom is -1.00 e. The second-order valence-corrected chi connectivity index (χ2v) is 1.93. The van der Waals surface area contributed by atoms with Gasteiger partial charge in [0.1, 0.15) is 11.9 Å². The van der Waals surface area contributed by atoms with Crippen molar-refractivity contribution < 1.29 is 17.0 Å². The van der Waals surface area contributed by atoms with Crippen molar-refractivity contribution in [1.29, 1.82) is 0 Å². The minimum atomic E-state index is -0.611. The van der Waals surface area contributed by atoms with Gasteiger partial charge < -0.3 is 2.85 Å². The van der Waals surface area contributed by atoms with Gasteiger partial charge in [-0.2, -0.15) is 0 Å². The van der Waals surface area contributed by atoms with Gasteiger partial charge in [0.25, 0.3) is 0 Å². The van der Waals surface area contributed by atoms with Gasteiger partial charge in [0, 0.05) is 0 Å². The largest absolute Gasteiger partial charge is 2.00 e. The molecule has 0 saturated carbocycles. The minimum absolute atomic E-state index is 0. The summed E-state index contributed by atoms with van der Waals surface area (Å²) in [6.45, 7) is 0. The second-order valence-electron chi connectivity index (χ2n) is 1.80. The van der Waals surface area contributed by atoms with Gasteiger partial charge in [-0.05, 0) is 12.1 Å². The summed E-state index contributed by atoms with van der Waals surface area (Å²) in [5.41, 5.74) is 0.396. The van der Waals surface area contributed by atoms with E-state index in [9.17, 15) is 4.79 Å². The molecule has 0 aromatic heterocycles. The van der Waals surface area contributed by atoms with Crippen LogP contribution in [0, 0.1) is 0 Å². The van der Waals surface area contributed by atoms with Crippen molar-refractivity contribution in [3.8, 4) is 0 Å². The van der Waals surface area contributed by atoms with Crippen LogP contribution in [0.5, 0.6) is 0 Å². The van der Waals surface area contributed by atoms with Gasteiger partial charge >= 0.3 is 29.0 Å². The summed E-state index contributed by atoms with van der Waals surface area (Å²) in [5.74, 6) is -0.611. The average molecular weight is 199 g/mol. The van der Waals surface area contributed by atoms with Crippen molar-refractivity contribution >= 4 is 40.9 Å². The molecule has 1 aromatic carbocycles. The molecule has 12 heavy (non-hydrogen) atoms. The zero-order chi connectivity index (χ0) is 8.10. The second kappa shape index (κ2) is 6.25. The quantitative estimate of drug-likeness (QED) is 0.413. The zero-order valence-electron chi connectivity index (χ0n) is 8.20. The van der Waals surface area contributed by atoms with Crippen LogP contribution in [0.2, 0.25) is 0 Å². The first-order valence-electron chi connectivity index (χ1n) is 2.89. The number of hydrogen-bond acceptors (Lipinski definition) is 3. The molecule has 3 nitrogen and oxygen atoms in total. The predicted molar refractivity (Wildman–Crippen MR) is 46.8 cm³/mol. The fourth-order valence-electron chi connectivity index (χ4n) is 0.651. The van der Waals surface area contributed by atoms with E-state index in [4.69, 9.17) is 11.9 Å². The summed E-state index contributed by atoms with van der Waals surface area (Å²) in [6, 6.07) is 8.41. The molecule has 0 atom stereocenters. The van der Waals surface area contributed by atoms with Crippen LogP contribution in [0.15, 0.2) is 30.3 Å². The van der Waals surface area contributed by atoms with E-state index in [2.05, 4.69) is 9.33 Å². The zero-order valence-corrected chi connectivity index (χ0v) is 8.37. The van der Waals surface area contributed by atoms with Gasteiger partial charge in [-0.3, -0.25) is 4.89 Å². The van der Waals surface area contributed by atoms with Gasteiger partial charge in [-0.15, -0.1) is 0 Å². The molecule has 1 aromatic rings. The molecular formula is C7H7ClMgO3. The molecule has 62 valence electrons. The van der Waals surface area contributed by atoms with Crippen LogP contribution in [-0.4, -0.2) is 29.0 Å². The summed E-state index contributed by atoms with van der Waals surface area (Å²) in [4.78, 5) is 14.9. The molecule has 0 fully saturated rings. The van der Waals surface area contributed by atoms with Crippen molar-refractivity contribution in [2.75, 3.05) is 0 Å². The normalized spacial score (nSPS) is 8.42. The van der Waals surface area contributed by atoms with Crippen molar-refractivity contribution in [3.63, 3.8) is 0 Å². The third-order valence-electron chi connectivity index (χ3n) is 1.12. The number of halogens is 1. The van der Waals surface area contributed by atoms with E-state index in [-0.39, 0.29) is 25.9 Å². The Bertz CT molecular complexity index is 248. The van der Waals surface area contributed by atoms with E-state index in [0.717, 1.165) is 0 Å². The van der Waals surface area contributed by atoms with Crippen LogP contribution in [-0.2, 0) is 9.33 Å². The van der Waals surface area contributed by atoms with Crippen molar-refractivity contribution in [3.05, 3.63) is 35.9 Å². The van der Waals surface area contributed by atoms with Gasteiger partial charge in [0.05, 0.1) is 5.56 Å². The molecule has 0 N–H and O–H groups in total. The van der Waals surface area contributed by atoms with E-state index in [0.29, 0.717) is 5.56 Å². The van der Waals surface area contributed by atoms with Gasteiger partial charge in [0.2, 0.25) is 0 Å². The third-order valence-corrected chi connectivity index (χ3v) is 1.18. The van der Waals surface area contributed by atoms with Crippen LogP contribution in [0.3, 0.4) is 0 Å². The number of rotatable bonds is 2. The van der Waals surface area contributed by atoms with Crippen molar-refractivity contribution in [2.45, 2.75) is 0 Å². The van der Waals surface area contributed by atoms with Gasteiger partial charge in [-0.1, -0.05) is 22.6 Å². The maximum Gasteiger partial charge on any atom is 2.00 e. The van der Waals surface area contributed by atoms with Crippen LogP contribution in [0.1, 0.15) is 13.2 Å². The molecule has 0 unspecified atom stereocenters. The number of carbonyl (C=O) groups excluding carboxylic acids is 1. The van der Waals surface area contributed by atoms with E-state index in [1.807, 2.05) is 0 Å². The molecule has 0 amide bonds. The summed E-state index contributed by atoms with van der Waals surface area (Å²) in [6.07, 6.45) is 0. The first-order chi connectivity index (χ1) is 5.34. The monoisotopic (exact) mass is 198 g/mol. The predicted octanol–water partition coefficient (Wildman–Crippen LogP) is 1.77. The van der Waals surface area contributed by atoms with Gasteiger partial charge in [-0.25, -0.2) is 4.79 Å². The van der Waals surface area contributed by atoms with E-state index >= 15 is 0 Å². The van der Waals surface area contributed by atoms with Crippen molar-refractivity contribution in [2.24, 2.45) is 0 Å². The fourth-order valence-corrected chi connectivity index (χ4v) is 0.708. The third kappa shape index (κ3) is 3.40. The summed E-state index contributed by atoms with van der Waals surface area (Å²) in [7, 11) is 0. The van der Waals surface area contributed by atoms with Crippen LogP contribution in [0.25, 0.3) is 0 Å². The Balaban J connectivity index is -0.000000403. The Kier molecular flexibility index (Phi) is 6.09. The topological polar surface area (TPSA) is 35.5 Å². The molecule has 0 heterocycles. The van der Waals surface area contributed by atoms with Crippen LogP contribution >= 0.6 is 11.9 Å². The Morgan fingerprint density at radius 2 is 1.92 bits per heavy atom. The fraction of sp³-hybridized carbons (Fsp3) is 0. The summed E-state index contributed by atoms with van der Waals surface area (Å²) >= 11 is 4.70. The molecular weight excluding hydrogens is 192 g/mol. The summed E-state index contributed by atoms with van der Waals surface area (Å²) < 4.78 is 3.68. The molecule has 0 aliphatic heterocycles. The molecule has 0 spiro atoms. The molecule has 0 aliphatic rings. The molecule has 1 rings (SSSR count). The standard InChI is InChI=1S/C7H5ClO3.Mg.2H/c8-11-10-7(9)6-4-2-1-3-5-6;;;/h1-5H;;;/q;+2;2*-1. The Labute approximate surface area is 93.8 Å². The van der Waals surface area contributed by atoms with Crippen molar-refractivity contribution in [1.82, 2.24) is 0 Å². The van der Waals surface area contributed by atoms with E-state index in [1.165, 1.54) is 0 Å². The average Bonchev–Trinajstić information content (AvgIpc) is 2.07.